The highest BCUT2D eigenvalue weighted by Crippen LogP contribution is 2.24. The van der Waals surface area contributed by atoms with E-state index in [1.165, 1.54) is 128 Å². The Bertz CT molecular complexity index is 794. The van der Waals surface area contributed by atoms with Gasteiger partial charge < -0.3 is 24.6 Å². The van der Waals surface area contributed by atoms with E-state index in [-0.39, 0.29) is 18.5 Å². The molecule has 0 aliphatic rings. The molecule has 322 valence electrons. The molecule has 3 unspecified atom stereocenters. The topological polar surface area (TPSA) is 96.3 Å². The number of hydrogen-bond acceptors (Lipinski definition) is 7. The molecule has 0 fully saturated rings. The second-order valence-corrected chi connectivity index (χ2v) is 16.6. The maximum atomic E-state index is 12.5. The summed E-state index contributed by atoms with van der Waals surface area (Å²) in [6.07, 6.45) is 35.2. The molecule has 0 heterocycles. The van der Waals surface area contributed by atoms with E-state index in [1.807, 2.05) is 0 Å². The summed E-state index contributed by atoms with van der Waals surface area (Å²) in [4.78, 5) is 27.2. The van der Waals surface area contributed by atoms with Crippen LogP contribution >= 0.6 is 0 Å². The van der Waals surface area contributed by atoms with Crippen molar-refractivity contribution in [3.63, 3.8) is 0 Å². The summed E-state index contributed by atoms with van der Waals surface area (Å²) in [6.45, 7) is 12.4. The number of hydrogen-bond donors (Lipinski definition) is 2. The number of aliphatic hydroxyl groups excluding tert-OH is 2. The lowest BCUT2D eigenvalue weighted by Crippen LogP contribution is -2.34. The zero-order chi connectivity index (χ0) is 39.7. The van der Waals surface area contributed by atoms with Gasteiger partial charge in [0.15, 0.2) is 0 Å². The Morgan fingerprint density at radius 3 is 1.31 bits per heavy atom. The molecule has 7 heteroatoms. The van der Waals surface area contributed by atoms with Gasteiger partial charge >= 0.3 is 11.9 Å². The smallest absolute Gasteiger partial charge is 0.305 e. The SMILES string of the molecule is CCCCCCCC(CCCCC)CCC(=O)OCCCCCCN(CCCO)CC(O)CCCCOC(=O)CCC(CCCCC)CCCCCCC. The molecule has 0 aromatic heterocycles. The maximum absolute atomic E-state index is 12.5. The van der Waals surface area contributed by atoms with Crippen molar-refractivity contribution in [2.24, 2.45) is 11.8 Å². The molecule has 0 bridgehead atoms. The zero-order valence-electron chi connectivity index (χ0n) is 36.6. The first-order chi connectivity index (χ1) is 26.4. The number of carbonyl (C=O) groups excluding carboxylic acids is 2. The Balaban J connectivity index is 4.20. The monoisotopic (exact) mass is 768 g/mol. The molecule has 0 saturated carbocycles. The molecule has 3 atom stereocenters. The average molecular weight is 768 g/mol. The van der Waals surface area contributed by atoms with Gasteiger partial charge in [0.05, 0.1) is 19.3 Å². The first kappa shape index (κ1) is 52.8. The van der Waals surface area contributed by atoms with Crippen LogP contribution in [0.5, 0.6) is 0 Å². The van der Waals surface area contributed by atoms with Crippen molar-refractivity contribution in [3.05, 3.63) is 0 Å². The zero-order valence-corrected chi connectivity index (χ0v) is 36.6. The summed E-state index contributed by atoms with van der Waals surface area (Å²) in [7, 11) is 0. The number of nitrogens with zero attached hydrogens (tertiary/aromatic N) is 1. The minimum Gasteiger partial charge on any atom is -0.466 e. The Labute approximate surface area is 335 Å². The van der Waals surface area contributed by atoms with Gasteiger partial charge in [-0.1, -0.05) is 169 Å². The highest BCUT2D eigenvalue weighted by atomic mass is 16.5. The summed E-state index contributed by atoms with van der Waals surface area (Å²) in [5, 5.41) is 20.2. The highest BCUT2D eigenvalue weighted by Gasteiger charge is 2.15. The van der Waals surface area contributed by atoms with Crippen molar-refractivity contribution in [2.45, 2.75) is 239 Å². The number of rotatable bonds is 43. The molecule has 0 aliphatic heterocycles. The summed E-state index contributed by atoms with van der Waals surface area (Å²) < 4.78 is 11.2. The van der Waals surface area contributed by atoms with E-state index < -0.39 is 6.10 Å². The van der Waals surface area contributed by atoms with Gasteiger partial charge in [-0.25, -0.2) is 0 Å². The van der Waals surface area contributed by atoms with Crippen molar-refractivity contribution in [2.75, 3.05) is 39.5 Å². The molecule has 0 radical (unpaired) electrons. The van der Waals surface area contributed by atoms with Crippen molar-refractivity contribution < 1.29 is 29.3 Å². The second kappa shape index (κ2) is 41.5. The molecule has 0 amide bonds. The van der Waals surface area contributed by atoms with Crippen molar-refractivity contribution >= 4 is 11.9 Å². The quantitative estimate of drug-likeness (QED) is 0.0471. The lowest BCUT2D eigenvalue weighted by atomic mass is 9.90. The number of ether oxygens (including phenoxy) is 2. The molecule has 0 aromatic carbocycles. The number of aliphatic hydroxyl groups is 2. The van der Waals surface area contributed by atoms with Gasteiger partial charge in [0.25, 0.3) is 0 Å². The van der Waals surface area contributed by atoms with Crippen LogP contribution in [0.1, 0.15) is 233 Å². The molecular weight excluding hydrogens is 675 g/mol. The molecule has 0 aliphatic carbocycles. The lowest BCUT2D eigenvalue weighted by molar-refractivity contribution is -0.145. The van der Waals surface area contributed by atoms with Gasteiger partial charge in [-0.15, -0.1) is 0 Å². The van der Waals surface area contributed by atoms with Crippen LogP contribution in [0.15, 0.2) is 0 Å². The van der Waals surface area contributed by atoms with E-state index in [1.54, 1.807) is 0 Å². The molecule has 0 rings (SSSR count). The average Bonchev–Trinajstić information content (AvgIpc) is 3.16. The van der Waals surface area contributed by atoms with E-state index in [4.69, 9.17) is 9.47 Å². The predicted octanol–water partition coefficient (Wildman–Crippen LogP) is 12.5. The van der Waals surface area contributed by atoms with E-state index in [9.17, 15) is 19.8 Å². The predicted molar refractivity (Wildman–Crippen MR) is 229 cm³/mol. The van der Waals surface area contributed by atoms with Gasteiger partial charge in [0.2, 0.25) is 0 Å². The number of carbonyl (C=O) groups is 2. The Morgan fingerprint density at radius 1 is 0.463 bits per heavy atom. The van der Waals surface area contributed by atoms with Crippen LogP contribution in [0, 0.1) is 11.8 Å². The molecule has 54 heavy (non-hydrogen) atoms. The van der Waals surface area contributed by atoms with Gasteiger partial charge in [-0.3, -0.25) is 9.59 Å². The number of esters is 2. The minimum atomic E-state index is -0.424. The van der Waals surface area contributed by atoms with Crippen LogP contribution in [0.3, 0.4) is 0 Å². The van der Waals surface area contributed by atoms with E-state index in [0.717, 1.165) is 64.5 Å². The largest absolute Gasteiger partial charge is 0.466 e. The van der Waals surface area contributed by atoms with Gasteiger partial charge in [-0.05, 0) is 69.7 Å². The fourth-order valence-electron chi connectivity index (χ4n) is 7.72. The normalized spacial score (nSPS) is 13.3. The fraction of sp³-hybridized carbons (Fsp3) is 0.957. The van der Waals surface area contributed by atoms with E-state index >= 15 is 0 Å². The highest BCUT2D eigenvalue weighted by molar-refractivity contribution is 5.69. The van der Waals surface area contributed by atoms with Crippen LogP contribution in [0.25, 0.3) is 0 Å². The Hall–Kier alpha value is -1.18. The van der Waals surface area contributed by atoms with Gasteiger partial charge in [-0.2, -0.15) is 0 Å². The number of unbranched alkanes of at least 4 members (excludes halogenated alkanes) is 16. The lowest BCUT2D eigenvalue weighted by Gasteiger charge is -2.25. The van der Waals surface area contributed by atoms with Gasteiger partial charge in [0.1, 0.15) is 0 Å². The van der Waals surface area contributed by atoms with Crippen LogP contribution in [-0.2, 0) is 19.1 Å². The first-order valence-electron chi connectivity index (χ1n) is 23.7. The summed E-state index contributed by atoms with van der Waals surface area (Å²) >= 11 is 0. The van der Waals surface area contributed by atoms with Crippen molar-refractivity contribution in [1.82, 2.24) is 4.90 Å². The molecule has 7 nitrogen and oxygen atoms in total. The second-order valence-electron chi connectivity index (χ2n) is 16.6. The van der Waals surface area contributed by atoms with E-state index in [0.29, 0.717) is 57.3 Å². The first-order valence-corrected chi connectivity index (χ1v) is 23.7. The fourth-order valence-corrected chi connectivity index (χ4v) is 7.72. The molecular formula is C47H93NO6. The molecule has 0 aromatic rings. The Morgan fingerprint density at radius 2 is 0.833 bits per heavy atom. The minimum absolute atomic E-state index is 0.0334. The van der Waals surface area contributed by atoms with E-state index in [2.05, 4.69) is 32.6 Å². The van der Waals surface area contributed by atoms with Crippen LogP contribution in [-0.4, -0.2) is 72.6 Å². The third-order valence-electron chi connectivity index (χ3n) is 11.3. The van der Waals surface area contributed by atoms with Crippen molar-refractivity contribution in [1.29, 1.82) is 0 Å². The third kappa shape index (κ3) is 36.5. The summed E-state index contributed by atoms with van der Waals surface area (Å²) in [5.74, 6) is 1.20. The van der Waals surface area contributed by atoms with Crippen molar-refractivity contribution in [3.8, 4) is 0 Å². The summed E-state index contributed by atoms with van der Waals surface area (Å²) in [6, 6.07) is 0. The third-order valence-corrected chi connectivity index (χ3v) is 11.3. The standard InChI is InChI=1S/C47H93NO6/c1-5-9-13-15-21-30-43(28-19-11-7-3)33-35-46(51)53-40-25-18-17-24-37-48(38-27-39-49)42-45(50)32-23-26-41-54-47(52)36-34-44(29-20-12-8-4)31-22-16-14-10-6-2/h43-45,49-50H,5-42H2,1-4H3. The summed E-state index contributed by atoms with van der Waals surface area (Å²) in [5.41, 5.74) is 0. The van der Waals surface area contributed by atoms with Crippen LogP contribution in [0.4, 0.5) is 0 Å². The molecule has 0 saturated heterocycles. The molecule has 2 N–H and O–H groups in total. The maximum Gasteiger partial charge on any atom is 0.305 e. The van der Waals surface area contributed by atoms with Crippen LogP contribution in [0.2, 0.25) is 0 Å². The Kier molecular flexibility index (Phi) is 40.5. The molecule has 0 spiro atoms. The van der Waals surface area contributed by atoms with Gasteiger partial charge in [0, 0.05) is 32.5 Å². The van der Waals surface area contributed by atoms with Crippen LogP contribution < -0.4 is 0 Å².